The maximum Gasteiger partial charge on any atom is 0.203 e. The fraction of sp³-hybridized carbons (Fsp3) is 0.550. The number of unbranched alkanes of at least 4 members (excludes halogenated alkanes) is 1. The van der Waals surface area contributed by atoms with E-state index in [9.17, 15) is 0 Å². The highest BCUT2D eigenvalue weighted by molar-refractivity contribution is 5.79. The van der Waals surface area contributed by atoms with E-state index < -0.39 is 0 Å². The lowest BCUT2D eigenvalue weighted by Crippen LogP contribution is -2.38. The number of aliphatic imine (C=N–C) groups is 1. The average molecular weight is 405 g/mol. The first-order valence-corrected chi connectivity index (χ1v) is 9.69. The number of nitrogens with one attached hydrogen (secondary N) is 2. The minimum absolute atomic E-state index is 0.454. The number of methoxy groups -OCH3 is 3. The van der Waals surface area contributed by atoms with Gasteiger partial charge in [-0.1, -0.05) is 13.3 Å². The fourth-order valence-corrected chi connectivity index (χ4v) is 2.72. The summed E-state index contributed by atoms with van der Waals surface area (Å²) in [5.74, 6) is 4.23. The summed E-state index contributed by atoms with van der Waals surface area (Å²) in [6, 6.07) is 3.81. The summed E-state index contributed by atoms with van der Waals surface area (Å²) in [5.41, 5.74) is 0.950. The fourth-order valence-electron chi connectivity index (χ4n) is 2.72. The summed E-state index contributed by atoms with van der Waals surface area (Å²) in [6.07, 6.45) is 2.17. The van der Waals surface area contributed by atoms with E-state index in [0.717, 1.165) is 36.6 Å². The van der Waals surface area contributed by atoms with E-state index in [-0.39, 0.29) is 0 Å². The topological polar surface area (TPSA) is 94.8 Å². The number of aryl methyl sites for hydroxylation is 1. The molecule has 2 N–H and O–H groups in total. The van der Waals surface area contributed by atoms with E-state index >= 15 is 0 Å². The van der Waals surface area contributed by atoms with Crippen LogP contribution in [-0.2, 0) is 20.1 Å². The van der Waals surface area contributed by atoms with Gasteiger partial charge in [-0.05, 0) is 31.0 Å². The van der Waals surface area contributed by atoms with Crippen LogP contribution in [0, 0.1) is 6.92 Å². The largest absolute Gasteiger partial charge is 0.493 e. The van der Waals surface area contributed by atoms with E-state index in [1.807, 2.05) is 30.7 Å². The Morgan fingerprint density at radius 1 is 1.07 bits per heavy atom. The molecule has 9 heteroatoms. The molecule has 2 rings (SSSR count). The van der Waals surface area contributed by atoms with Crippen molar-refractivity contribution in [2.45, 2.75) is 39.8 Å². The molecule has 160 valence electrons. The summed E-state index contributed by atoms with van der Waals surface area (Å²) >= 11 is 0. The number of aromatic nitrogens is 3. The van der Waals surface area contributed by atoms with Crippen molar-refractivity contribution in [2.24, 2.45) is 12.0 Å². The second-order valence-electron chi connectivity index (χ2n) is 6.55. The third-order valence-electron chi connectivity index (χ3n) is 4.56. The molecular formula is C20H32N6O3. The molecule has 1 aromatic carbocycles. The lowest BCUT2D eigenvalue weighted by atomic mass is 10.2. The molecule has 2 aromatic rings. The Bertz CT molecular complexity index is 794. The van der Waals surface area contributed by atoms with Crippen LogP contribution in [-0.4, -0.2) is 48.6 Å². The van der Waals surface area contributed by atoms with Crippen LogP contribution in [0.4, 0.5) is 0 Å². The Labute approximate surface area is 172 Å². The second kappa shape index (κ2) is 11.1. The Kier molecular flexibility index (Phi) is 8.57. The molecule has 1 aromatic heterocycles. The zero-order chi connectivity index (χ0) is 21.2. The maximum absolute atomic E-state index is 5.42. The predicted octanol–water partition coefficient (Wildman–Crippen LogP) is 2.18. The van der Waals surface area contributed by atoms with Gasteiger partial charge >= 0.3 is 0 Å². The number of ether oxygens (including phenoxy) is 3. The van der Waals surface area contributed by atoms with Crippen molar-refractivity contribution in [2.75, 3.05) is 27.9 Å². The van der Waals surface area contributed by atoms with Gasteiger partial charge in [0.15, 0.2) is 23.3 Å². The maximum atomic E-state index is 5.42. The van der Waals surface area contributed by atoms with Crippen LogP contribution in [0.5, 0.6) is 17.2 Å². The monoisotopic (exact) mass is 404 g/mol. The highest BCUT2D eigenvalue weighted by atomic mass is 16.5. The smallest absolute Gasteiger partial charge is 0.203 e. The highest BCUT2D eigenvalue weighted by Crippen LogP contribution is 2.38. The molecule has 29 heavy (non-hydrogen) atoms. The first-order valence-electron chi connectivity index (χ1n) is 9.69. The van der Waals surface area contributed by atoms with E-state index in [2.05, 4.69) is 27.8 Å². The number of nitrogens with zero attached hydrogens (tertiary/aromatic N) is 4. The minimum Gasteiger partial charge on any atom is -0.493 e. The predicted molar refractivity (Wildman–Crippen MR) is 113 cm³/mol. The Hall–Kier alpha value is -2.97. The molecule has 0 aliphatic carbocycles. The molecule has 0 fully saturated rings. The van der Waals surface area contributed by atoms with Crippen molar-refractivity contribution in [3.63, 3.8) is 0 Å². The zero-order valence-corrected chi connectivity index (χ0v) is 18.2. The van der Waals surface area contributed by atoms with Crippen LogP contribution < -0.4 is 24.8 Å². The quantitative estimate of drug-likeness (QED) is 0.356. The average Bonchev–Trinajstić information content (AvgIpc) is 3.06. The van der Waals surface area contributed by atoms with Gasteiger partial charge in [-0.25, -0.2) is 4.99 Å². The van der Waals surface area contributed by atoms with Gasteiger partial charge in [-0.3, -0.25) is 0 Å². The lowest BCUT2D eigenvalue weighted by molar-refractivity contribution is 0.324. The highest BCUT2D eigenvalue weighted by Gasteiger charge is 2.13. The van der Waals surface area contributed by atoms with Crippen molar-refractivity contribution < 1.29 is 14.2 Å². The van der Waals surface area contributed by atoms with Crippen molar-refractivity contribution in [3.8, 4) is 17.2 Å². The van der Waals surface area contributed by atoms with Crippen molar-refractivity contribution in [1.82, 2.24) is 25.4 Å². The Morgan fingerprint density at radius 3 is 2.28 bits per heavy atom. The van der Waals surface area contributed by atoms with E-state index in [1.54, 1.807) is 21.3 Å². The molecule has 0 radical (unpaired) electrons. The minimum atomic E-state index is 0.454. The van der Waals surface area contributed by atoms with E-state index in [0.29, 0.717) is 36.3 Å². The number of rotatable bonds is 10. The molecule has 0 saturated carbocycles. The van der Waals surface area contributed by atoms with Gasteiger partial charge in [0, 0.05) is 13.6 Å². The molecule has 0 aliphatic rings. The lowest BCUT2D eigenvalue weighted by Gasteiger charge is -2.15. The van der Waals surface area contributed by atoms with Crippen LogP contribution in [0.15, 0.2) is 17.1 Å². The summed E-state index contributed by atoms with van der Waals surface area (Å²) in [6.45, 7) is 5.91. The number of hydrogen-bond acceptors (Lipinski definition) is 6. The van der Waals surface area contributed by atoms with Gasteiger partial charge in [0.1, 0.15) is 5.82 Å². The van der Waals surface area contributed by atoms with Gasteiger partial charge in [0.05, 0.1) is 34.4 Å². The van der Waals surface area contributed by atoms with Crippen molar-refractivity contribution >= 4 is 5.96 Å². The number of benzene rings is 1. The zero-order valence-electron chi connectivity index (χ0n) is 18.2. The number of guanidine groups is 1. The van der Waals surface area contributed by atoms with E-state index in [4.69, 9.17) is 19.2 Å². The Morgan fingerprint density at radius 2 is 1.76 bits per heavy atom. The molecule has 0 bridgehead atoms. The SMILES string of the molecule is CCCCNC(=NCc1cc(OC)c(OC)c(OC)c1)NCc1nnc(C)n1C. The second-order valence-corrected chi connectivity index (χ2v) is 6.55. The van der Waals surface area contributed by atoms with Crippen LogP contribution in [0.25, 0.3) is 0 Å². The normalized spacial score (nSPS) is 11.3. The third-order valence-corrected chi connectivity index (χ3v) is 4.56. The van der Waals surface area contributed by atoms with Gasteiger partial charge in [0.25, 0.3) is 0 Å². The van der Waals surface area contributed by atoms with Gasteiger partial charge < -0.3 is 29.4 Å². The van der Waals surface area contributed by atoms with Crippen LogP contribution in [0.1, 0.15) is 37.0 Å². The van der Waals surface area contributed by atoms with Crippen LogP contribution in [0.2, 0.25) is 0 Å². The van der Waals surface area contributed by atoms with Crippen LogP contribution >= 0.6 is 0 Å². The Balaban J connectivity index is 2.16. The molecule has 9 nitrogen and oxygen atoms in total. The van der Waals surface area contributed by atoms with Gasteiger partial charge in [0.2, 0.25) is 5.75 Å². The molecule has 0 amide bonds. The molecular weight excluding hydrogens is 372 g/mol. The molecule has 0 unspecified atom stereocenters. The van der Waals surface area contributed by atoms with Gasteiger partial charge in [-0.2, -0.15) is 0 Å². The molecule has 0 aliphatic heterocycles. The molecule has 0 atom stereocenters. The van der Waals surface area contributed by atoms with E-state index in [1.165, 1.54) is 0 Å². The van der Waals surface area contributed by atoms with Crippen LogP contribution in [0.3, 0.4) is 0 Å². The first-order chi connectivity index (χ1) is 14.0. The van der Waals surface area contributed by atoms with Gasteiger partial charge in [-0.15, -0.1) is 10.2 Å². The molecule has 0 saturated heterocycles. The summed E-state index contributed by atoms with van der Waals surface area (Å²) < 4.78 is 18.2. The molecule has 1 heterocycles. The first kappa shape index (κ1) is 22.3. The summed E-state index contributed by atoms with van der Waals surface area (Å²) in [7, 11) is 6.74. The number of hydrogen-bond donors (Lipinski definition) is 2. The molecule has 0 spiro atoms. The summed E-state index contributed by atoms with van der Waals surface area (Å²) in [5, 5.41) is 15.0. The van der Waals surface area contributed by atoms with Crippen molar-refractivity contribution in [3.05, 3.63) is 29.3 Å². The standard InChI is InChI=1S/C20H32N6O3/c1-7-8-9-21-20(23-13-18-25-24-14(2)26(18)3)22-12-15-10-16(27-4)19(29-6)17(11-15)28-5/h10-11H,7-9,12-13H2,1-6H3,(H2,21,22,23). The third kappa shape index (κ3) is 6.00. The summed E-state index contributed by atoms with van der Waals surface area (Å²) in [4.78, 5) is 4.71. The van der Waals surface area contributed by atoms with Crippen molar-refractivity contribution in [1.29, 1.82) is 0 Å².